The van der Waals surface area contributed by atoms with E-state index >= 15 is 0 Å². The fourth-order valence-corrected chi connectivity index (χ4v) is 3.48. The molecule has 0 aliphatic carbocycles. The van der Waals surface area contributed by atoms with Gasteiger partial charge in [-0.15, -0.1) is 15.3 Å². The maximum atomic E-state index is 15.0. The van der Waals surface area contributed by atoms with Gasteiger partial charge in [0.1, 0.15) is 11.5 Å². The van der Waals surface area contributed by atoms with Crippen molar-refractivity contribution in [2.45, 2.75) is 19.2 Å². The summed E-state index contributed by atoms with van der Waals surface area (Å²) < 4.78 is 21.8. The first kappa shape index (κ1) is 18.8. The molecule has 0 bridgehead atoms. The zero-order chi connectivity index (χ0) is 21.5. The van der Waals surface area contributed by atoms with Crippen molar-refractivity contribution in [1.82, 2.24) is 40.2 Å². The number of halogens is 1. The third-order valence-electron chi connectivity index (χ3n) is 4.98. The van der Waals surface area contributed by atoms with Crippen molar-refractivity contribution in [2.75, 3.05) is 4.90 Å². The van der Waals surface area contributed by atoms with Crippen LogP contribution in [0.25, 0.3) is 22.6 Å². The minimum absolute atomic E-state index is 0.350. The Labute approximate surface area is 175 Å². The van der Waals surface area contributed by atoms with Crippen LogP contribution in [-0.4, -0.2) is 52.3 Å². The van der Waals surface area contributed by atoms with Gasteiger partial charge in [0.2, 0.25) is 12.1 Å². The summed E-state index contributed by atoms with van der Waals surface area (Å²) in [6.45, 7) is 1.80. The second kappa shape index (κ2) is 7.23. The third-order valence-corrected chi connectivity index (χ3v) is 4.98. The number of benzene rings is 1. The first-order valence-corrected chi connectivity index (χ1v) is 9.37. The molecule has 1 fully saturated rings. The molecular weight excluding hydrogens is 405 g/mol. The van der Waals surface area contributed by atoms with E-state index in [-0.39, 0.29) is 0 Å². The maximum Gasteiger partial charge on any atom is 0.416 e. The van der Waals surface area contributed by atoms with Crippen molar-refractivity contribution < 1.29 is 13.9 Å². The Kier molecular flexibility index (Phi) is 4.38. The number of hydrogen-bond acceptors (Lipinski definition) is 8. The van der Waals surface area contributed by atoms with Crippen LogP contribution in [0.5, 0.6) is 0 Å². The third kappa shape index (κ3) is 3.27. The molecule has 0 N–H and O–H groups in total. The van der Waals surface area contributed by atoms with Gasteiger partial charge in [-0.05, 0) is 36.4 Å². The van der Waals surface area contributed by atoms with E-state index in [2.05, 4.69) is 30.7 Å². The van der Waals surface area contributed by atoms with Crippen molar-refractivity contribution >= 4 is 11.8 Å². The number of anilines is 1. The average molecular weight is 421 g/mol. The van der Waals surface area contributed by atoms with Gasteiger partial charge in [0.25, 0.3) is 0 Å². The van der Waals surface area contributed by atoms with Gasteiger partial charge in [0.05, 0.1) is 25.0 Å². The number of aryl methyl sites for hydroxylation is 1. The number of cyclic esters (lactones) is 1. The van der Waals surface area contributed by atoms with Crippen LogP contribution < -0.4 is 4.90 Å². The van der Waals surface area contributed by atoms with Crippen LogP contribution >= 0.6 is 0 Å². The summed E-state index contributed by atoms with van der Waals surface area (Å²) in [6, 6.07) is 7.59. The lowest BCUT2D eigenvalue weighted by atomic mass is 10.1. The van der Waals surface area contributed by atoms with Crippen LogP contribution in [0.1, 0.15) is 13.2 Å². The van der Waals surface area contributed by atoms with Gasteiger partial charge in [-0.25, -0.2) is 13.9 Å². The fraction of sp³-hybridized carbons (Fsp3) is 0.211. The van der Waals surface area contributed by atoms with E-state index in [4.69, 9.17) is 4.74 Å². The SMILES string of the molecule is C[C@@H]1C(n2ccnn2)OC(=O)N1c1ccc(-c2ccc(-c3nnn(C)n3)nc2)c(F)c1. The molecule has 3 aromatic heterocycles. The molecule has 1 aliphatic rings. The zero-order valence-corrected chi connectivity index (χ0v) is 16.5. The number of hydrogen-bond donors (Lipinski definition) is 0. The molecule has 4 aromatic rings. The Hall–Kier alpha value is -4.22. The first-order valence-electron chi connectivity index (χ1n) is 9.37. The van der Waals surface area contributed by atoms with E-state index < -0.39 is 24.2 Å². The molecule has 1 aliphatic heterocycles. The Balaban J connectivity index is 1.41. The van der Waals surface area contributed by atoms with Gasteiger partial charge >= 0.3 is 6.09 Å². The normalized spacial score (nSPS) is 18.4. The van der Waals surface area contributed by atoms with Crippen LogP contribution in [0, 0.1) is 5.82 Å². The number of amides is 1. The van der Waals surface area contributed by atoms with E-state index in [1.807, 2.05) is 0 Å². The minimum Gasteiger partial charge on any atom is -0.421 e. The van der Waals surface area contributed by atoms with Gasteiger partial charge in [-0.2, -0.15) is 4.80 Å². The molecule has 0 radical (unpaired) electrons. The van der Waals surface area contributed by atoms with Crippen LogP contribution in [0.2, 0.25) is 0 Å². The standard InChI is InChI=1S/C19H16FN9O2/c1-11-18(28-8-7-22-25-28)31-19(30)29(11)13-4-5-14(15(20)9-13)12-3-6-16(21-10-12)17-23-26-27(2)24-17/h3-11,18H,1-2H3/t11-,18?/m1/s1. The second-order valence-corrected chi connectivity index (χ2v) is 6.97. The highest BCUT2D eigenvalue weighted by Crippen LogP contribution is 2.34. The summed E-state index contributed by atoms with van der Waals surface area (Å²) >= 11 is 0. The molecule has 0 saturated carbocycles. The van der Waals surface area contributed by atoms with E-state index in [9.17, 15) is 9.18 Å². The number of aromatic nitrogens is 8. The van der Waals surface area contributed by atoms with Crippen molar-refractivity contribution in [1.29, 1.82) is 0 Å². The average Bonchev–Trinajstić information content (AvgIpc) is 3.49. The first-order chi connectivity index (χ1) is 15.0. The highest BCUT2D eigenvalue weighted by atomic mass is 19.1. The predicted octanol–water partition coefficient (Wildman–Crippen LogP) is 2.21. The number of nitrogens with zero attached hydrogens (tertiary/aromatic N) is 9. The maximum absolute atomic E-state index is 15.0. The summed E-state index contributed by atoms with van der Waals surface area (Å²) in [5.41, 5.74) is 1.84. The highest BCUT2D eigenvalue weighted by molar-refractivity contribution is 5.90. The topological polar surface area (TPSA) is 117 Å². The molecular formula is C19H16FN9O2. The summed E-state index contributed by atoms with van der Waals surface area (Å²) in [4.78, 5) is 19.4. The number of ether oxygens (including phenoxy) is 1. The van der Waals surface area contributed by atoms with Crippen molar-refractivity contribution in [3.8, 4) is 22.6 Å². The zero-order valence-electron chi connectivity index (χ0n) is 16.5. The Morgan fingerprint density at radius 2 is 2.03 bits per heavy atom. The molecule has 1 amide bonds. The largest absolute Gasteiger partial charge is 0.421 e. The fourth-order valence-electron chi connectivity index (χ4n) is 3.48. The van der Waals surface area contributed by atoms with E-state index in [0.29, 0.717) is 28.3 Å². The highest BCUT2D eigenvalue weighted by Gasteiger charge is 2.41. The van der Waals surface area contributed by atoms with Crippen LogP contribution in [0.4, 0.5) is 14.9 Å². The number of pyridine rings is 1. The Morgan fingerprint density at radius 1 is 1.16 bits per heavy atom. The summed E-state index contributed by atoms with van der Waals surface area (Å²) in [7, 11) is 1.66. The molecule has 156 valence electrons. The molecule has 1 unspecified atom stereocenters. The molecule has 2 atom stereocenters. The Morgan fingerprint density at radius 3 is 2.68 bits per heavy atom. The van der Waals surface area contributed by atoms with E-state index in [0.717, 1.165) is 0 Å². The molecule has 12 heteroatoms. The number of tetrazole rings is 1. The number of rotatable bonds is 4. The second-order valence-electron chi connectivity index (χ2n) is 6.97. The van der Waals surface area contributed by atoms with Crippen molar-refractivity contribution in [3.05, 3.63) is 54.7 Å². The Bertz CT molecular complexity index is 1240. The number of carbonyl (C=O) groups excluding carboxylic acids is 1. The monoisotopic (exact) mass is 421 g/mol. The van der Waals surface area contributed by atoms with Gasteiger partial charge in [-0.1, -0.05) is 11.3 Å². The van der Waals surface area contributed by atoms with Crippen LogP contribution in [0.3, 0.4) is 0 Å². The van der Waals surface area contributed by atoms with Gasteiger partial charge < -0.3 is 4.74 Å². The molecule has 31 heavy (non-hydrogen) atoms. The predicted molar refractivity (Wildman–Crippen MR) is 105 cm³/mol. The number of carbonyl (C=O) groups is 1. The molecule has 4 heterocycles. The lowest BCUT2D eigenvalue weighted by Crippen LogP contribution is -2.33. The van der Waals surface area contributed by atoms with Crippen LogP contribution in [-0.2, 0) is 11.8 Å². The lowest BCUT2D eigenvalue weighted by molar-refractivity contribution is 0.0782. The van der Waals surface area contributed by atoms with Crippen LogP contribution in [0.15, 0.2) is 48.9 Å². The molecule has 5 rings (SSSR count). The van der Waals surface area contributed by atoms with Crippen molar-refractivity contribution in [2.24, 2.45) is 7.05 Å². The smallest absolute Gasteiger partial charge is 0.416 e. The summed E-state index contributed by atoms with van der Waals surface area (Å²) in [5.74, 6) is -0.109. The lowest BCUT2D eigenvalue weighted by Gasteiger charge is -2.21. The minimum atomic E-state index is -0.649. The van der Waals surface area contributed by atoms with E-state index in [1.54, 1.807) is 44.4 Å². The molecule has 11 nitrogen and oxygen atoms in total. The molecule has 0 spiro atoms. The van der Waals surface area contributed by atoms with Gasteiger partial charge in [0, 0.05) is 23.5 Å². The van der Waals surface area contributed by atoms with Crippen molar-refractivity contribution in [3.63, 3.8) is 0 Å². The molecule has 1 saturated heterocycles. The van der Waals surface area contributed by atoms with Gasteiger partial charge in [-0.3, -0.25) is 9.88 Å². The summed E-state index contributed by atoms with van der Waals surface area (Å²) in [5, 5.41) is 19.4. The van der Waals surface area contributed by atoms with Gasteiger partial charge in [0.15, 0.2) is 0 Å². The van der Waals surface area contributed by atoms with E-state index in [1.165, 1.54) is 32.8 Å². The molecule has 1 aromatic carbocycles. The summed E-state index contributed by atoms with van der Waals surface area (Å²) in [6.07, 6.45) is 3.41. The quantitative estimate of drug-likeness (QED) is 0.492.